The first-order valence-corrected chi connectivity index (χ1v) is 5.00. The van der Waals surface area contributed by atoms with E-state index in [0.29, 0.717) is 16.1 Å². The molecule has 0 aliphatic carbocycles. The quantitative estimate of drug-likeness (QED) is 0.773. The van der Waals surface area contributed by atoms with Crippen molar-refractivity contribution in [2.45, 2.75) is 6.92 Å². The van der Waals surface area contributed by atoms with Gasteiger partial charge in [-0.05, 0) is 36.8 Å². The van der Waals surface area contributed by atoms with Gasteiger partial charge in [-0.3, -0.25) is 4.79 Å². The minimum absolute atomic E-state index is 0.0189. The van der Waals surface area contributed by atoms with E-state index in [1.165, 1.54) is 0 Å². The first-order chi connectivity index (χ1) is 7.18. The van der Waals surface area contributed by atoms with Crippen LogP contribution >= 0.6 is 11.6 Å². The summed E-state index contributed by atoms with van der Waals surface area (Å²) in [5, 5.41) is 0.651. The van der Waals surface area contributed by atoms with E-state index in [-0.39, 0.29) is 5.78 Å². The highest BCUT2D eigenvalue weighted by molar-refractivity contribution is 6.30. The molecule has 0 aliphatic rings. The zero-order chi connectivity index (χ0) is 10.8. The molecule has 0 radical (unpaired) electrons. The van der Waals surface area contributed by atoms with E-state index in [0.717, 1.165) is 5.56 Å². The zero-order valence-electron chi connectivity index (χ0n) is 8.25. The lowest BCUT2D eigenvalue weighted by Crippen LogP contribution is -2.02. The molecular weight excluding hydrogens is 210 g/mol. The van der Waals surface area contributed by atoms with Crippen molar-refractivity contribution >= 4 is 17.4 Å². The molecule has 0 amide bonds. The van der Waals surface area contributed by atoms with E-state index < -0.39 is 0 Å². The summed E-state index contributed by atoms with van der Waals surface area (Å²) in [6, 6.07) is 7.04. The standard InChI is InChI=1S/C12H10ClNO/c1-8-6-10(13)2-3-11(8)12(15)9-4-5-14-7-9/h2-7,14H,1H3. The number of carbonyl (C=O) groups is 1. The van der Waals surface area contributed by atoms with Crippen LogP contribution in [0.5, 0.6) is 0 Å². The summed E-state index contributed by atoms with van der Waals surface area (Å²) >= 11 is 5.83. The Labute approximate surface area is 92.9 Å². The number of aryl methyl sites for hydroxylation is 1. The van der Waals surface area contributed by atoms with Gasteiger partial charge in [0.2, 0.25) is 0 Å². The molecule has 0 atom stereocenters. The minimum atomic E-state index is 0.0189. The fraction of sp³-hybridized carbons (Fsp3) is 0.0833. The van der Waals surface area contributed by atoms with Gasteiger partial charge in [0, 0.05) is 28.5 Å². The molecular formula is C12H10ClNO. The zero-order valence-corrected chi connectivity index (χ0v) is 9.01. The normalized spacial score (nSPS) is 10.3. The molecule has 2 nitrogen and oxygen atoms in total. The van der Waals surface area contributed by atoms with Crippen LogP contribution in [0.2, 0.25) is 5.02 Å². The summed E-state index contributed by atoms with van der Waals surface area (Å²) in [6.45, 7) is 1.88. The second-order valence-electron chi connectivity index (χ2n) is 3.39. The third kappa shape index (κ3) is 1.95. The summed E-state index contributed by atoms with van der Waals surface area (Å²) in [5.41, 5.74) is 2.26. The third-order valence-corrected chi connectivity index (χ3v) is 2.53. The second kappa shape index (κ2) is 3.91. The molecule has 1 N–H and O–H groups in total. The van der Waals surface area contributed by atoms with Gasteiger partial charge in [0.25, 0.3) is 0 Å². The van der Waals surface area contributed by atoms with Crippen LogP contribution in [0.15, 0.2) is 36.7 Å². The van der Waals surface area contributed by atoms with Gasteiger partial charge in [0.05, 0.1) is 0 Å². The van der Waals surface area contributed by atoms with Crippen molar-refractivity contribution in [1.29, 1.82) is 0 Å². The molecule has 2 rings (SSSR count). The van der Waals surface area contributed by atoms with Crippen molar-refractivity contribution in [3.8, 4) is 0 Å². The molecule has 0 bridgehead atoms. The second-order valence-corrected chi connectivity index (χ2v) is 3.82. The van der Waals surface area contributed by atoms with Crippen LogP contribution in [0.25, 0.3) is 0 Å². The number of halogens is 1. The summed E-state index contributed by atoms with van der Waals surface area (Å²) < 4.78 is 0. The number of aromatic nitrogens is 1. The lowest BCUT2D eigenvalue weighted by Gasteiger charge is -2.03. The topological polar surface area (TPSA) is 32.9 Å². The molecule has 2 aromatic rings. The lowest BCUT2D eigenvalue weighted by atomic mass is 10.0. The van der Waals surface area contributed by atoms with E-state index in [1.807, 2.05) is 6.92 Å². The Morgan fingerprint density at radius 3 is 2.73 bits per heavy atom. The first kappa shape index (κ1) is 9.99. The van der Waals surface area contributed by atoms with E-state index in [9.17, 15) is 4.79 Å². The Balaban J connectivity index is 2.42. The van der Waals surface area contributed by atoms with Crippen molar-refractivity contribution in [3.63, 3.8) is 0 Å². The Hall–Kier alpha value is -1.54. The summed E-state index contributed by atoms with van der Waals surface area (Å²) in [7, 11) is 0. The lowest BCUT2D eigenvalue weighted by molar-refractivity contribution is 0.103. The molecule has 0 saturated carbocycles. The van der Waals surface area contributed by atoms with E-state index in [1.54, 1.807) is 36.7 Å². The van der Waals surface area contributed by atoms with Crippen molar-refractivity contribution in [3.05, 3.63) is 58.4 Å². The van der Waals surface area contributed by atoms with E-state index >= 15 is 0 Å². The SMILES string of the molecule is Cc1cc(Cl)ccc1C(=O)c1cc[nH]c1. The highest BCUT2D eigenvalue weighted by atomic mass is 35.5. The fourth-order valence-electron chi connectivity index (χ4n) is 1.50. The van der Waals surface area contributed by atoms with Crippen LogP contribution in [0.3, 0.4) is 0 Å². The van der Waals surface area contributed by atoms with Crippen molar-refractivity contribution < 1.29 is 4.79 Å². The van der Waals surface area contributed by atoms with Gasteiger partial charge in [-0.25, -0.2) is 0 Å². The maximum absolute atomic E-state index is 12.0. The third-order valence-electron chi connectivity index (χ3n) is 2.29. The van der Waals surface area contributed by atoms with Gasteiger partial charge in [0.15, 0.2) is 5.78 Å². The van der Waals surface area contributed by atoms with Crippen LogP contribution in [-0.2, 0) is 0 Å². The average Bonchev–Trinajstić information content (AvgIpc) is 2.69. The van der Waals surface area contributed by atoms with Crippen LogP contribution in [-0.4, -0.2) is 10.8 Å². The van der Waals surface area contributed by atoms with Crippen molar-refractivity contribution in [1.82, 2.24) is 4.98 Å². The van der Waals surface area contributed by atoms with Crippen molar-refractivity contribution in [2.75, 3.05) is 0 Å². The smallest absolute Gasteiger partial charge is 0.194 e. The van der Waals surface area contributed by atoms with Gasteiger partial charge < -0.3 is 4.98 Å². The number of nitrogens with one attached hydrogen (secondary N) is 1. The maximum Gasteiger partial charge on any atom is 0.194 e. The molecule has 0 fully saturated rings. The molecule has 76 valence electrons. The monoisotopic (exact) mass is 219 g/mol. The van der Waals surface area contributed by atoms with Crippen LogP contribution in [0, 0.1) is 6.92 Å². The Morgan fingerprint density at radius 1 is 1.33 bits per heavy atom. The number of carbonyl (C=O) groups excluding carboxylic acids is 1. The van der Waals surface area contributed by atoms with Crippen LogP contribution < -0.4 is 0 Å². The molecule has 1 aromatic heterocycles. The van der Waals surface area contributed by atoms with Crippen molar-refractivity contribution in [2.24, 2.45) is 0 Å². The molecule has 1 heterocycles. The molecule has 1 aromatic carbocycles. The van der Waals surface area contributed by atoms with E-state index in [2.05, 4.69) is 4.98 Å². The highest BCUT2D eigenvalue weighted by Gasteiger charge is 2.11. The predicted octanol–water partition coefficient (Wildman–Crippen LogP) is 3.21. The summed E-state index contributed by atoms with van der Waals surface area (Å²) in [4.78, 5) is 14.8. The molecule has 0 unspecified atom stereocenters. The van der Waals surface area contributed by atoms with Crippen LogP contribution in [0.1, 0.15) is 21.5 Å². The number of rotatable bonds is 2. The maximum atomic E-state index is 12.0. The Morgan fingerprint density at radius 2 is 2.13 bits per heavy atom. The number of hydrogen-bond acceptors (Lipinski definition) is 1. The summed E-state index contributed by atoms with van der Waals surface area (Å²) in [5.74, 6) is 0.0189. The number of aromatic amines is 1. The minimum Gasteiger partial charge on any atom is -0.367 e. The van der Waals surface area contributed by atoms with Gasteiger partial charge in [-0.15, -0.1) is 0 Å². The number of H-pyrrole nitrogens is 1. The summed E-state index contributed by atoms with van der Waals surface area (Å²) in [6.07, 6.45) is 3.43. The number of benzene rings is 1. The fourth-order valence-corrected chi connectivity index (χ4v) is 1.73. The molecule has 0 aliphatic heterocycles. The molecule has 0 spiro atoms. The molecule has 15 heavy (non-hydrogen) atoms. The highest BCUT2D eigenvalue weighted by Crippen LogP contribution is 2.18. The molecule has 3 heteroatoms. The first-order valence-electron chi connectivity index (χ1n) is 4.62. The predicted molar refractivity (Wildman–Crippen MR) is 60.4 cm³/mol. The largest absolute Gasteiger partial charge is 0.367 e. The number of hydrogen-bond donors (Lipinski definition) is 1. The van der Waals surface area contributed by atoms with Gasteiger partial charge in [0.1, 0.15) is 0 Å². The molecule has 0 saturated heterocycles. The van der Waals surface area contributed by atoms with E-state index in [4.69, 9.17) is 11.6 Å². The Bertz CT molecular complexity index is 488. The number of ketones is 1. The van der Waals surface area contributed by atoms with Gasteiger partial charge in [-0.2, -0.15) is 0 Å². The van der Waals surface area contributed by atoms with Crippen LogP contribution in [0.4, 0.5) is 0 Å². The van der Waals surface area contributed by atoms with Gasteiger partial charge >= 0.3 is 0 Å². The van der Waals surface area contributed by atoms with Gasteiger partial charge in [-0.1, -0.05) is 11.6 Å². The average molecular weight is 220 g/mol. The Kier molecular flexibility index (Phi) is 2.60.